The van der Waals surface area contributed by atoms with Crippen molar-refractivity contribution in [2.75, 3.05) is 0 Å². The Morgan fingerprint density at radius 2 is 2.31 bits per heavy atom. The van der Waals surface area contributed by atoms with Crippen LogP contribution in [0.5, 0.6) is 0 Å². The fourth-order valence-corrected chi connectivity index (χ4v) is 1.27. The highest BCUT2D eigenvalue weighted by Crippen LogP contribution is 2.20. The van der Waals surface area contributed by atoms with Gasteiger partial charge in [0.05, 0.1) is 11.6 Å². The number of carbonyl (C=O) groups is 1. The van der Waals surface area contributed by atoms with Gasteiger partial charge in [-0.15, -0.1) is 0 Å². The normalized spacial score (nSPS) is 12.5. The molecule has 1 N–H and O–H groups in total. The van der Waals surface area contributed by atoms with E-state index >= 15 is 0 Å². The lowest BCUT2D eigenvalue weighted by Gasteiger charge is -2.07. The van der Waals surface area contributed by atoms with E-state index in [-0.39, 0.29) is 0 Å². The van der Waals surface area contributed by atoms with E-state index in [4.69, 9.17) is 5.11 Å². The van der Waals surface area contributed by atoms with Gasteiger partial charge in [-0.05, 0) is 41.4 Å². The molecule has 0 amide bonds. The van der Waals surface area contributed by atoms with Crippen LogP contribution in [0.3, 0.4) is 0 Å². The van der Waals surface area contributed by atoms with Gasteiger partial charge in [-0.25, -0.2) is 0 Å². The number of hydrogen-bond acceptors (Lipinski definition) is 2. The first-order valence-electron chi connectivity index (χ1n) is 3.87. The lowest BCUT2D eigenvalue weighted by molar-refractivity contribution is -0.138. The zero-order valence-electron chi connectivity index (χ0n) is 7.41. The third-order valence-electron chi connectivity index (χ3n) is 1.92. The smallest absolute Gasteiger partial charge is 0.310 e. The predicted molar refractivity (Wildman–Crippen MR) is 52.7 cm³/mol. The number of hydrogen-bond donors (Lipinski definition) is 1. The molecule has 13 heavy (non-hydrogen) atoms. The Labute approximate surface area is 84.9 Å². The van der Waals surface area contributed by atoms with Crippen molar-refractivity contribution in [3.05, 3.63) is 28.0 Å². The summed E-state index contributed by atoms with van der Waals surface area (Å²) in [5.41, 5.74) is 1.58. The van der Waals surface area contributed by atoms with Crippen LogP contribution < -0.4 is 0 Å². The zero-order chi connectivity index (χ0) is 10.0. The van der Waals surface area contributed by atoms with Crippen molar-refractivity contribution in [2.24, 2.45) is 0 Å². The Hall–Kier alpha value is -0.900. The van der Waals surface area contributed by atoms with Gasteiger partial charge >= 0.3 is 5.97 Å². The van der Waals surface area contributed by atoms with Crippen LogP contribution in [0.4, 0.5) is 0 Å². The fourth-order valence-electron chi connectivity index (χ4n) is 0.900. The van der Waals surface area contributed by atoms with Crippen molar-refractivity contribution in [1.82, 2.24) is 4.98 Å². The number of pyridine rings is 1. The summed E-state index contributed by atoms with van der Waals surface area (Å²) in [6.45, 7) is 3.50. The second kappa shape index (κ2) is 3.87. The van der Waals surface area contributed by atoms with Gasteiger partial charge < -0.3 is 5.11 Å². The van der Waals surface area contributed by atoms with Gasteiger partial charge in [0.15, 0.2) is 0 Å². The van der Waals surface area contributed by atoms with Crippen molar-refractivity contribution in [3.8, 4) is 0 Å². The van der Waals surface area contributed by atoms with Crippen molar-refractivity contribution < 1.29 is 9.90 Å². The van der Waals surface area contributed by atoms with E-state index < -0.39 is 11.9 Å². The van der Waals surface area contributed by atoms with Gasteiger partial charge in [0.25, 0.3) is 0 Å². The van der Waals surface area contributed by atoms with Crippen LogP contribution in [0, 0.1) is 6.92 Å². The largest absolute Gasteiger partial charge is 0.481 e. The van der Waals surface area contributed by atoms with Crippen LogP contribution in [-0.4, -0.2) is 16.1 Å². The first kappa shape index (κ1) is 10.2. The molecule has 3 nitrogen and oxygen atoms in total. The molecule has 0 saturated heterocycles. The standard InChI is InChI=1S/C9H10BrNO2/c1-5(9(12)13)7-3-8(10)6(2)11-4-7/h3-5H,1-2H3,(H,12,13). The summed E-state index contributed by atoms with van der Waals surface area (Å²) in [5.74, 6) is -1.35. The van der Waals surface area contributed by atoms with E-state index in [1.54, 1.807) is 19.2 Å². The maximum atomic E-state index is 10.7. The Kier molecular flexibility index (Phi) is 3.03. The highest BCUT2D eigenvalue weighted by Gasteiger charge is 2.14. The molecule has 1 aromatic heterocycles. The number of halogens is 1. The summed E-state index contributed by atoms with van der Waals surface area (Å²) in [7, 11) is 0. The highest BCUT2D eigenvalue weighted by atomic mass is 79.9. The Bertz CT molecular complexity index is 338. The molecule has 0 fully saturated rings. The minimum absolute atomic E-state index is 0.510. The Morgan fingerprint density at radius 3 is 2.77 bits per heavy atom. The summed E-state index contributed by atoms with van der Waals surface area (Å²) >= 11 is 3.31. The van der Waals surface area contributed by atoms with Gasteiger partial charge in [0.2, 0.25) is 0 Å². The number of aryl methyl sites for hydroxylation is 1. The molecular weight excluding hydrogens is 234 g/mol. The van der Waals surface area contributed by atoms with Gasteiger partial charge in [0, 0.05) is 10.7 Å². The fraction of sp³-hybridized carbons (Fsp3) is 0.333. The third-order valence-corrected chi connectivity index (χ3v) is 2.72. The van der Waals surface area contributed by atoms with E-state index in [0.717, 1.165) is 10.2 Å². The van der Waals surface area contributed by atoms with Crippen molar-refractivity contribution >= 4 is 21.9 Å². The minimum Gasteiger partial charge on any atom is -0.481 e. The highest BCUT2D eigenvalue weighted by molar-refractivity contribution is 9.10. The lowest BCUT2D eigenvalue weighted by atomic mass is 10.0. The maximum absolute atomic E-state index is 10.7. The van der Waals surface area contributed by atoms with Gasteiger partial charge in [-0.3, -0.25) is 9.78 Å². The molecule has 1 atom stereocenters. The van der Waals surface area contributed by atoms with Crippen LogP contribution in [0.1, 0.15) is 24.1 Å². The summed E-state index contributed by atoms with van der Waals surface area (Å²) in [5, 5.41) is 8.75. The maximum Gasteiger partial charge on any atom is 0.310 e. The molecule has 0 radical (unpaired) electrons. The molecular formula is C9H10BrNO2. The topological polar surface area (TPSA) is 50.2 Å². The molecule has 1 aromatic rings. The number of rotatable bonds is 2. The third kappa shape index (κ3) is 2.28. The Balaban J connectivity index is 3.03. The molecule has 0 saturated carbocycles. The monoisotopic (exact) mass is 243 g/mol. The molecule has 0 spiro atoms. The second-order valence-electron chi connectivity index (χ2n) is 2.90. The molecule has 0 aliphatic carbocycles. The van der Waals surface area contributed by atoms with Crippen molar-refractivity contribution in [1.29, 1.82) is 0 Å². The quantitative estimate of drug-likeness (QED) is 0.868. The lowest BCUT2D eigenvalue weighted by Crippen LogP contribution is -2.07. The molecule has 70 valence electrons. The first-order valence-corrected chi connectivity index (χ1v) is 4.66. The first-order chi connectivity index (χ1) is 6.02. The second-order valence-corrected chi connectivity index (χ2v) is 3.75. The average Bonchev–Trinajstić information content (AvgIpc) is 2.08. The molecule has 1 heterocycles. The van der Waals surface area contributed by atoms with Crippen molar-refractivity contribution in [2.45, 2.75) is 19.8 Å². The van der Waals surface area contributed by atoms with E-state index in [1.807, 2.05) is 6.92 Å². The number of carboxylic acid groups (broad SMARTS) is 1. The van der Waals surface area contributed by atoms with Crippen LogP contribution in [-0.2, 0) is 4.79 Å². The average molecular weight is 244 g/mol. The van der Waals surface area contributed by atoms with Crippen LogP contribution in [0.15, 0.2) is 16.7 Å². The molecule has 1 rings (SSSR count). The molecule has 1 unspecified atom stereocenters. The van der Waals surface area contributed by atoms with Gasteiger partial charge in [0.1, 0.15) is 0 Å². The van der Waals surface area contributed by atoms with Crippen LogP contribution in [0.25, 0.3) is 0 Å². The SMILES string of the molecule is Cc1ncc(C(C)C(=O)O)cc1Br. The molecule has 4 heteroatoms. The van der Waals surface area contributed by atoms with E-state index in [9.17, 15) is 4.79 Å². The van der Waals surface area contributed by atoms with Crippen LogP contribution >= 0.6 is 15.9 Å². The summed E-state index contributed by atoms with van der Waals surface area (Å²) in [4.78, 5) is 14.7. The Morgan fingerprint density at radius 1 is 1.69 bits per heavy atom. The summed E-state index contributed by atoms with van der Waals surface area (Å²) < 4.78 is 0.845. The van der Waals surface area contributed by atoms with E-state index in [1.165, 1.54) is 0 Å². The van der Waals surface area contributed by atoms with E-state index in [2.05, 4.69) is 20.9 Å². The number of aromatic nitrogens is 1. The molecule has 0 aromatic carbocycles. The zero-order valence-corrected chi connectivity index (χ0v) is 9.00. The molecule has 0 aliphatic rings. The number of aliphatic carboxylic acids is 1. The van der Waals surface area contributed by atoms with Crippen LogP contribution in [0.2, 0.25) is 0 Å². The number of carboxylic acids is 1. The van der Waals surface area contributed by atoms with E-state index in [0.29, 0.717) is 5.56 Å². The van der Waals surface area contributed by atoms with Gasteiger partial charge in [-0.2, -0.15) is 0 Å². The van der Waals surface area contributed by atoms with Gasteiger partial charge in [-0.1, -0.05) is 0 Å². The summed E-state index contributed by atoms with van der Waals surface area (Å²) in [6.07, 6.45) is 1.60. The van der Waals surface area contributed by atoms with Crippen molar-refractivity contribution in [3.63, 3.8) is 0 Å². The minimum atomic E-state index is -0.836. The summed E-state index contributed by atoms with van der Waals surface area (Å²) in [6, 6.07) is 1.79. The predicted octanol–water partition coefficient (Wildman–Crippen LogP) is 2.34. The molecule has 0 bridgehead atoms. The number of nitrogens with zero attached hydrogens (tertiary/aromatic N) is 1. The molecule has 0 aliphatic heterocycles.